The van der Waals surface area contributed by atoms with Crippen LogP contribution in [0.2, 0.25) is 0 Å². The summed E-state index contributed by atoms with van der Waals surface area (Å²) in [6, 6.07) is 4.01. The van der Waals surface area contributed by atoms with E-state index in [9.17, 15) is 5.11 Å². The van der Waals surface area contributed by atoms with Gasteiger partial charge in [0.15, 0.2) is 11.6 Å². The van der Waals surface area contributed by atoms with Gasteiger partial charge in [0.2, 0.25) is 0 Å². The lowest BCUT2D eigenvalue weighted by Gasteiger charge is -2.36. The Morgan fingerprint density at radius 1 is 1.50 bits per heavy atom. The maximum Gasteiger partial charge on any atom is 0.171 e. The van der Waals surface area contributed by atoms with Crippen LogP contribution >= 0.6 is 0 Å². The van der Waals surface area contributed by atoms with E-state index in [1.165, 1.54) is 6.42 Å². The summed E-state index contributed by atoms with van der Waals surface area (Å²) in [6.07, 6.45) is 5.26. The summed E-state index contributed by atoms with van der Waals surface area (Å²) in [5.74, 6) is 1.68. The highest BCUT2D eigenvalue weighted by Gasteiger charge is 2.25. The topological polar surface area (TPSA) is 45.6 Å². The molecule has 4 heteroatoms. The van der Waals surface area contributed by atoms with Gasteiger partial charge >= 0.3 is 0 Å². The normalized spacial score (nSPS) is 20.2. The van der Waals surface area contributed by atoms with Gasteiger partial charge in [0.05, 0.1) is 18.8 Å². The zero-order valence-electron chi connectivity index (χ0n) is 11.2. The molecule has 0 saturated carbocycles. The average molecular weight is 250 g/mol. The molecule has 1 saturated heterocycles. The Kier molecular flexibility index (Phi) is 4.42. The predicted molar refractivity (Wildman–Crippen MR) is 72.1 cm³/mol. The van der Waals surface area contributed by atoms with Gasteiger partial charge < -0.3 is 14.7 Å². The third kappa shape index (κ3) is 2.93. The van der Waals surface area contributed by atoms with E-state index in [1.807, 2.05) is 26.0 Å². The second-order valence-corrected chi connectivity index (χ2v) is 5.02. The molecule has 2 heterocycles. The number of nitrogens with zero attached hydrogens (tertiary/aromatic N) is 2. The van der Waals surface area contributed by atoms with Crippen molar-refractivity contribution >= 4 is 5.82 Å². The van der Waals surface area contributed by atoms with Crippen molar-refractivity contribution in [2.45, 2.75) is 45.3 Å². The van der Waals surface area contributed by atoms with Crippen LogP contribution in [0.1, 0.15) is 33.1 Å². The van der Waals surface area contributed by atoms with Crippen LogP contribution < -0.4 is 9.64 Å². The Morgan fingerprint density at radius 3 is 3.06 bits per heavy atom. The lowest BCUT2D eigenvalue weighted by molar-refractivity contribution is 0.229. The number of rotatable bonds is 4. The third-order valence-corrected chi connectivity index (χ3v) is 3.22. The third-order valence-electron chi connectivity index (χ3n) is 3.22. The molecule has 2 rings (SSSR count). The van der Waals surface area contributed by atoms with Crippen LogP contribution in [0.4, 0.5) is 5.82 Å². The first-order valence-electron chi connectivity index (χ1n) is 6.71. The number of hydrogen-bond donors (Lipinski definition) is 1. The summed E-state index contributed by atoms with van der Waals surface area (Å²) in [5.41, 5.74) is 0. The van der Waals surface area contributed by atoms with Crippen LogP contribution in [-0.4, -0.2) is 35.4 Å². The minimum Gasteiger partial charge on any atom is -0.487 e. The first-order chi connectivity index (χ1) is 8.72. The van der Waals surface area contributed by atoms with Gasteiger partial charge in [-0.2, -0.15) is 0 Å². The highest BCUT2D eigenvalue weighted by atomic mass is 16.5. The molecular weight excluding hydrogens is 228 g/mol. The highest BCUT2D eigenvalue weighted by molar-refractivity contribution is 5.53. The van der Waals surface area contributed by atoms with Crippen molar-refractivity contribution in [3.63, 3.8) is 0 Å². The van der Waals surface area contributed by atoms with Crippen molar-refractivity contribution < 1.29 is 9.84 Å². The smallest absolute Gasteiger partial charge is 0.171 e. The summed E-state index contributed by atoms with van der Waals surface area (Å²) in [7, 11) is 0. The number of piperidine rings is 1. The van der Waals surface area contributed by atoms with E-state index in [1.54, 1.807) is 6.20 Å². The van der Waals surface area contributed by atoms with Crippen LogP contribution in [0.25, 0.3) is 0 Å². The van der Waals surface area contributed by atoms with Gasteiger partial charge in [-0.05, 0) is 45.2 Å². The van der Waals surface area contributed by atoms with E-state index in [-0.39, 0.29) is 18.8 Å². The molecule has 1 unspecified atom stereocenters. The molecule has 0 aromatic carbocycles. The van der Waals surface area contributed by atoms with Crippen molar-refractivity contribution in [3.8, 4) is 5.75 Å². The molecule has 1 atom stereocenters. The minimum atomic E-state index is 0.130. The van der Waals surface area contributed by atoms with Gasteiger partial charge in [-0.15, -0.1) is 0 Å². The monoisotopic (exact) mass is 250 g/mol. The molecule has 1 aliphatic heterocycles. The van der Waals surface area contributed by atoms with Crippen LogP contribution in [0.15, 0.2) is 18.3 Å². The molecule has 0 bridgehead atoms. The van der Waals surface area contributed by atoms with Gasteiger partial charge in [-0.3, -0.25) is 0 Å². The number of aliphatic hydroxyl groups is 1. The van der Waals surface area contributed by atoms with E-state index in [0.29, 0.717) is 0 Å². The number of pyridine rings is 1. The predicted octanol–water partition coefficient (Wildman–Crippen LogP) is 2.22. The molecule has 0 spiro atoms. The summed E-state index contributed by atoms with van der Waals surface area (Å²) in [4.78, 5) is 6.63. The summed E-state index contributed by atoms with van der Waals surface area (Å²) in [6.45, 7) is 5.14. The number of aliphatic hydroxyl groups excluding tert-OH is 1. The van der Waals surface area contributed by atoms with Gasteiger partial charge in [-0.25, -0.2) is 4.98 Å². The quantitative estimate of drug-likeness (QED) is 0.890. The summed E-state index contributed by atoms with van der Waals surface area (Å²) >= 11 is 0. The highest BCUT2D eigenvalue weighted by Crippen LogP contribution is 2.31. The largest absolute Gasteiger partial charge is 0.487 e. The minimum absolute atomic E-state index is 0.130. The lowest BCUT2D eigenvalue weighted by atomic mass is 10.0. The average Bonchev–Trinajstić information content (AvgIpc) is 2.39. The Morgan fingerprint density at radius 2 is 2.33 bits per heavy atom. The fourth-order valence-electron chi connectivity index (χ4n) is 2.41. The van der Waals surface area contributed by atoms with E-state index in [2.05, 4.69) is 9.88 Å². The first kappa shape index (κ1) is 13.1. The second kappa shape index (κ2) is 6.05. The molecule has 1 fully saturated rings. The molecular formula is C14H22N2O2. The Bertz CT molecular complexity index is 382. The van der Waals surface area contributed by atoms with Gasteiger partial charge in [0.1, 0.15) is 0 Å². The molecule has 0 radical (unpaired) electrons. The number of anilines is 1. The molecule has 0 aliphatic carbocycles. The molecule has 100 valence electrons. The Hall–Kier alpha value is -1.29. The maximum atomic E-state index is 9.49. The molecule has 1 aromatic heterocycles. The van der Waals surface area contributed by atoms with Crippen LogP contribution in [-0.2, 0) is 0 Å². The standard InChI is InChI=1S/C14H22N2O2/c1-11(2)18-13-7-5-8-15-14(13)16-9-4-3-6-12(16)10-17/h5,7-8,11-12,17H,3-4,6,9-10H2,1-2H3. The van der Waals surface area contributed by atoms with Crippen molar-refractivity contribution in [2.75, 3.05) is 18.1 Å². The van der Waals surface area contributed by atoms with Crippen LogP contribution in [0.3, 0.4) is 0 Å². The SMILES string of the molecule is CC(C)Oc1cccnc1N1CCCCC1CO. The fourth-order valence-corrected chi connectivity index (χ4v) is 2.41. The molecule has 0 amide bonds. The second-order valence-electron chi connectivity index (χ2n) is 5.02. The zero-order valence-corrected chi connectivity index (χ0v) is 11.2. The molecule has 1 N–H and O–H groups in total. The van der Waals surface area contributed by atoms with E-state index in [4.69, 9.17) is 4.74 Å². The van der Waals surface area contributed by atoms with Crippen LogP contribution in [0.5, 0.6) is 5.75 Å². The summed E-state index contributed by atoms with van der Waals surface area (Å²) in [5, 5.41) is 9.49. The zero-order chi connectivity index (χ0) is 13.0. The molecule has 4 nitrogen and oxygen atoms in total. The lowest BCUT2D eigenvalue weighted by Crippen LogP contribution is -2.42. The van der Waals surface area contributed by atoms with E-state index < -0.39 is 0 Å². The molecule has 1 aliphatic rings. The van der Waals surface area contributed by atoms with Gasteiger partial charge in [0.25, 0.3) is 0 Å². The number of aromatic nitrogens is 1. The van der Waals surface area contributed by atoms with E-state index >= 15 is 0 Å². The maximum absolute atomic E-state index is 9.49. The fraction of sp³-hybridized carbons (Fsp3) is 0.643. The van der Waals surface area contributed by atoms with Crippen molar-refractivity contribution in [1.29, 1.82) is 0 Å². The van der Waals surface area contributed by atoms with Crippen molar-refractivity contribution in [1.82, 2.24) is 4.98 Å². The number of hydrogen-bond acceptors (Lipinski definition) is 4. The van der Waals surface area contributed by atoms with Crippen molar-refractivity contribution in [2.24, 2.45) is 0 Å². The Labute approximate surface area is 109 Å². The molecule has 1 aromatic rings. The van der Waals surface area contributed by atoms with Gasteiger partial charge in [-0.1, -0.05) is 0 Å². The van der Waals surface area contributed by atoms with Gasteiger partial charge in [0, 0.05) is 12.7 Å². The first-order valence-corrected chi connectivity index (χ1v) is 6.71. The van der Waals surface area contributed by atoms with Crippen molar-refractivity contribution in [3.05, 3.63) is 18.3 Å². The summed E-state index contributed by atoms with van der Waals surface area (Å²) < 4.78 is 5.81. The van der Waals surface area contributed by atoms with E-state index in [0.717, 1.165) is 31.0 Å². The Balaban J connectivity index is 2.24. The molecule has 18 heavy (non-hydrogen) atoms. The van der Waals surface area contributed by atoms with Crippen LogP contribution in [0, 0.1) is 0 Å². The number of ether oxygens (including phenoxy) is 1.